The molecule has 64 valence electrons. The maximum atomic E-state index is 11.0. The zero-order valence-corrected chi connectivity index (χ0v) is 10.1. The van der Waals surface area contributed by atoms with Crippen molar-refractivity contribution in [2.75, 3.05) is 0 Å². The lowest BCUT2D eigenvalue weighted by atomic mass is 10.0. The highest BCUT2D eigenvalue weighted by Gasteiger charge is 2.41. The van der Waals surface area contributed by atoms with Gasteiger partial charge in [0, 0.05) is 9.84 Å². The highest BCUT2D eigenvalue weighted by molar-refractivity contribution is 14.1. The fourth-order valence-corrected chi connectivity index (χ4v) is 2.41. The molecule has 0 aromatic heterocycles. The van der Waals surface area contributed by atoms with Gasteiger partial charge in [0.15, 0.2) is 0 Å². The smallest absolute Gasteiger partial charge is 0.320 e. The summed E-state index contributed by atoms with van der Waals surface area (Å²) in [7, 11) is 0. The minimum absolute atomic E-state index is 0.0764. The first-order chi connectivity index (χ1) is 5.04. The normalized spacial score (nSPS) is 40.4. The number of carbonyl (C=O) groups excluding carboxylic acids is 1. The molecule has 1 fully saturated rings. The van der Waals surface area contributed by atoms with Gasteiger partial charge in [0.25, 0.3) is 0 Å². The highest BCUT2D eigenvalue weighted by atomic mass is 127. The molecule has 1 aliphatic heterocycles. The quantitative estimate of drug-likeness (QED) is 0.418. The molecule has 1 heterocycles. The predicted octanol–water partition coefficient (Wildman–Crippen LogP) is 2.13. The third-order valence-electron chi connectivity index (χ3n) is 1.91. The van der Waals surface area contributed by atoms with Crippen LogP contribution in [0.5, 0.6) is 0 Å². The monoisotopic (exact) mass is 332 g/mol. The van der Waals surface area contributed by atoms with E-state index in [1.54, 1.807) is 0 Å². The maximum Gasteiger partial charge on any atom is 0.320 e. The Hall–Kier alpha value is 0.680. The topological polar surface area (TPSA) is 26.3 Å². The second kappa shape index (κ2) is 3.60. The van der Waals surface area contributed by atoms with Gasteiger partial charge in [0.1, 0.15) is 10.9 Å². The van der Waals surface area contributed by atoms with Gasteiger partial charge < -0.3 is 4.74 Å². The molecular formula is C7H10BrIO2. The van der Waals surface area contributed by atoms with Crippen molar-refractivity contribution in [2.24, 2.45) is 5.92 Å². The minimum Gasteiger partial charge on any atom is -0.460 e. The number of esters is 1. The van der Waals surface area contributed by atoms with Crippen LogP contribution in [0.25, 0.3) is 0 Å². The first-order valence-electron chi connectivity index (χ1n) is 3.52. The van der Waals surface area contributed by atoms with Gasteiger partial charge in [-0.05, 0) is 6.92 Å². The Morgan fingerprint density at radius 1 is 1.73 bits per heavy atom. The molecule has 0 amide bonds. The van der Waals surface area contributed by atoms with Crippen molar-refractivity contribution < 1.29 is 9.53 Å². The molecule has 0 aromatic carbocycles. The highest BCUT2D eigenvalue weighted by Crippen LogP contribution is 2.32. The van der Waals surface area contributed by atoms with Crippen molar-refractivity contribution in [2.45, 2.75) is 28.7 Å². The van der Waals surface area contributed by atoms with Crippen LogP contribution in [0.4, 0.5) is 0 Å². The Kier molecular flexibility index (Phi) is 3.19. The molecule has 0 bridgehead atoms. The molecule has 1 saturated heterocycles. The summed E-state index contributed by atoms with van der Waals surface area (Å²) in [5.74, 6) is 0.167. The van der Waals surface area contributed by atoms with E-state index in [9.17, 15) is 4.79 Å². The van der Waals surface area contributed by atoms with Crippen LogP contribution in [0.2, 0.25) is 0 Å². The van der Waals surface area contributed by atoms with Crippen LogP contribution in [0, 0.1) is 5.92 Å². The van der Waals surface area contributed by atoms with Gasteiger partial charge in [-0.15, -0.1) is 0 Å². The summed E-state index contributed by atoms with van der Waals surface area (Å²) >= 11 is 5.58. The van der Waals surface area contributed by atoms with E-state index in [-0.39, 0.29) is 22.8 Å². The summed E-state index contributed by atoms with van der Waals surface area (Å²) in [6.07, 6.45) is 0.0764. The third kappa shape index (κ3) is 1.88. The molecule has 4 atom stereocenters. The molecule has 0 radical (unpaired) electrons. The Balaban J connectivity index is 2.67. The van der Waals surface area contributed by atoms with E-state index in [1.807, 2.05) is 6.92 Å². The van der Waals surface area contributed by atoms with E-state index >= 15 is 0 Å². The van der Waals surface area contributed by atoms with Gasteiger partial charge in [0.05, 0.1) is 0 Å². The number of hydrogen-bond donors (Lipinski definition) is 0. The van der Waals surface area contributed by atoms with Crippen LogP contribution >= 0.6 is 38.5 Å². The van der Waals surface area contributed by atoms with E-state index in [4.69, 9.17) is 4.74 Å². The van der Waals surface area contributed by atoms with E-state index in [1.165, 1.54) is 0 Å². The van der Waals surface area contributed by atoms with Crippen molar-refractivity contribution in [3.8, 4) is 0 Å². The van der Waals surface area contributed by atoms with Crippen LogP contribution < -0.4 is 0 Å². The maximum absolute atomic E-state index is 11.0. The second-order valence-electron chi connectivity index (χ2n) is 2.84. The molecule has 1 aliphatic rings. The van der Waals surface area contributed by atoms with E-state index in [2.05, 4.69) is 45.4 Å². The Morgan fingerprint density at radius 3 is 2.45 bits per heavy atom. The summed E-state index contributed by atoms with van der Waals surface area (Å²) < 4.78 is 5.54. The van der Waals surface area contributed by atoms with Gasteiger partial charge in [0.2, 0.25) is 0 Å². The Morgan fingerprint density at radius 2 is 2.27 bits per heavy atom. The van der Waals surface area contributed by atoms with Crippen molar-refractivity contribution in [3.05, 3.63) is 0 Å². The first-order valence-corrected chi connectivity index (χ1v) is 5.69. The van der Waals surface area contributed by atoms with E-state index in [0.717, 1.165) is 0 Å². The molecule has 2 nitrogen and oxygen atoms in total. The number of carbonyl (C=O) groups is 1. The molecule has 0 N–H and O–H groups in total. The largest absolute Gasteiger partial charge is 0.460 e. The summed E-state index contributed by atoms with van der Waals surface area (Å²) in [5, 5.41) is 0. The van der Waals surface area contributed by atoms with Crippen molar-refractivity contribution >= 4 is 44.5 Å². The van der Waals surface area contributed by atoms with Crippen molar-refractivity contribution in [1.82, 2.24) is 0 Å². The third-order valence-corrected chi connectivity index (χ3v) is 3.83. The molecule has 0 aromatic rings. The number of rotatable bonds is 1. The lowest BCUT2D eigenvalue weighted by molar-refractivity contribution is -0.140. The van der Waals surface area contributed by atoms with Crippen LogP contribution in [-0.4, -0.2) is 20.8 Å². The van der Waals surface area contributed by atoms with Gasteiger partial charge in [-0.25, -0.2) is 0 Å². The van der Waals surface area contributed by atoms with Crippen LogP contribution in [-0.2, 0) is 9.53 Å². The lowest BCUT2D eigenvalue weighted by Gasteiger charge is -2.16. The number of halogens is 2. The number of alkyl halides is 2. The van der Waals surface area contributed by atoms with Gasteiger partial charge in [-0.3, -0.25) is 4.79 Å². The molecule has 11 heavy (non-hydrogen) atoms. The molecule has 0 aliphatic carbocycles. The fourth-order valence-electron chi connectivity index (χ4n) is 1.20. The van der Waals surface area contributed by atoms with Gasteiger partial charge in [-0.2, -0.15) is 0 Å². The molecule has 0 spiro atoms. The van der Waals surface area contributed by atoms with Gasteiger partial charge in [-0.1, -0.05) is 45.4 Å². The zero-order chi connectivity index (χ0) is 8.59. The fraction of sp³-hybridized carbons (Fsp3) is 0.857. The summed E-state index contributed by atoms with van der Waals surface area (Å²) in [4.78, 5) is 10.9. The van der Waals surface area contributed by atoms with Crippen LogP contribution in [0.3, 0.4) is 0 Å². The molecule has 4 heteroatoms. The minimum atomic E-state index is -0.119. The SMILES string of the molecule is C[C@H]1[C@H]([C@H](C)I)OC(=O)[C@@H]1Br. The Bertz CT molecular complexity index is 172. The van der Waals surface area contributed by atoms with E-state index in [0.29, 0.717) is 3.92 Å². The second-order valence-corrected chi connectivity index (χ2v) is 5.79. The molecule has 0 unspecified atom stereocenters. The standard InChI is InChI=1S/C7H10BrIO2/c1-3-5(8)7(10)11-6(3)4(2)9/h3-6H,1-2H3/t3-,4+,5-,6-/m1/s1. The molecule has 0 saturated carbocycles. The summed E-state index contributed by atoms with van der Waals surface area (Å²) in [5.41, 5.74) is 0. The van der Waals surface area contributed by atoms with Crippen LogP contribution in [0.1, 0.15) is 13.8 Å². The summed E-state index contributed by atoms with van der Waals surface area (Å²) in [6.45, 7) is 4.09. The Labute approximate surface area is 88.3 Å². The average Bonchev–Trinajstić information content (AvgIpc) is 2.17. The number of hydrogen-bond acceptors (Lipinski definition) is 2. The number of ether oxygens (including phenoxy) is 1. The predicted molar refractivity (Wildman–Crippen MR) is 55.2 cm³/mol. The number of cyclic esters (lactones) is 1. The van der Waals surface area contributed by atoms with Crippen molar-refractivity contribution in [3.63, 3.8) is 0 Å². The van der Waals surface area contributed by atoms with Crippen molar-refractivity contribution in [1.29, 1.82) is 0 Å². The van der Waals surface area contributed by atoms with Crippen LogP contribution in [0.15, 0.2) is 0 Å². The lowest BCUT2D eigenvalue weighted by Crippen LogP contribution is -2.24. The zero-order valence-electron chi connectivity index (χ0n) is 6.38. The average molecular weight is 333 g/mol. The summed E-state index contributed by atoms with van der Waals surface area (Å²) in [6, 6.07) is 0. The van der Waals surface area contributed by atoms with E-state index < -0.39 is 0 Å². The van der Waals surface area contributed by atoms with Gasteiger partial charge >= 0.3 is 5.97 Å². The molecule has 1 rings (SSSR count). The first kappa shape index (κ1) is 9.77. The molecular weight excluding hydrogens is 323 g/mol.